The Morgan fingerprint density at radius 1 is 1.32 bits per heavy atom. The van der Waals surface area contributed by atoms with E-state index < -0.39 is 24.7 Å². The molecule has 5 nitrogen and oxygen atoms in total. The van der Waals surface area contributed by atoms with Crippen molar-refractivity contribution in [3.05, 3.63) is 23.8 Å². The molecule has 0 aromatic carbocycles. The molecule has 0 aliphatic heterocycles. The second-order valence-corrected chi connectivity index (χ2v) is 3.42. The molecule has 0 atom stereocenters. The lowest BCUT2D eigenvalue weighted by Gasteiger charge is -2.13. The molecule has 0 unspecified atom stereocenters. The van der Waals surface area contributed by atoms with Gasteiger partial charge in [0.2, 0.25) is 0 Å². The normalized spacial score (nSPS) is 12.6. The zero-order valence-corrected chi connectivity index (χ0v) is 10.7. The summed E-state index contributed by atoms with van der Waals surface area (Å²) in [4.78, 5) is 27.0. The van der Waals surface area contributed by atoms with Crippen LogP contribution in [-0.2, 0) is 19.2 Å². The van der Waals surface area contributed by atoms with Crippen molar-refractivity contribution < 1.29 is 32.3 Å². The van der Waals surface area contributed by atoms with E-state index in [4.69, 9.17) is 0 Å². The second-order valence-electron chi connectivity index (χ2n) is 3.42. The first-order valence-electron chi connectivity index (χ1n) is 5.08. The summed E-state index contributed by atoms with van der Waals surface area (Å²) in [6, 6.07) is 0. The van der Waals surface area contributed by atoms with Crippen LogP contribution in [0.1, 0.15) is 6.92 Å². The van der Waals surface area contributed by atoms with Crippen LogP contribution >= 0.6 is 0 Å². The molecule has 0 aromatic heterocycles. The highest BCUT2D eigenvalue weighted by Crippen LogP contribution is 2.14. The zero-order valence-electron chi connectivity index (χ0n) is 10.7. The van der Waals surface area contributed by atoms with Gasteiger partial charge in [0.25, 0.3) is 5.91 Å². The first kappa shape index (κ1) is 17.2. The Bertz CT molecular complexity index is 388. The topological polar surface area (TPSA) is 55.8 Å². The summed E-state index contributed by atoms with van der Waals surface area (Å²) in [5.74, 6) is -1.59. The average molecular weight is 281 g/mol. The highest BCUT2D eigenvalue weighted by molar-refractivity contribution is 5.92. The van der Waals surface area contributed by atoms with E-state index in [1.54, 1.807) is 0 Å². The SMILES string of the molecule is CON(C)C(=O)/C(C)=C\C=C\C(=O)OCC(F)(F)F. The Morgan fingerprint density at radius 3 is 2.37 bits per heavy atom. The molecule has 8 heteroatoms. The van der Waals surface area contributed by atoms with Gasteiger partial charge in [-0.2, -0.15) is 13.2 Å². The molecule has 0 saturated carbocycles. The molecule has 0 fully saturated rings. The van der Waals surface area contributed by atoms with Crippen molar-refractivity contribution in [2.45, 2.75) is 13.1 Å². The third-order valence-electron chi connectivity index (χ3n) is 1.85. The van der Waals surface area contributed by atoms with Crippen LogP contribution in [0.4, 0.5) is 13.2 Å². The minimum Gasteiger partial charge on any atom is -0.453 e. The van der Waals surface area contributed by atoms with Crippen molar-refractivity contribution in [1.29, 1.82) is 0 Å². The van der Waals surface area contributed by atoms with E-state index in [0.29, 0.717) is 0 Å². The van der Waals surface area contributed by atoms with Crippen molar-refractivity contribution in [1.82, 2.24) is 5.06 Å². The Balaban J connectivity index is 4.34. The minimum absolute atomic E-state index is 0.240. The fourth-order valence-corrected chi connectivity index (χ4v) is 0.875. The smallest absolute Gasteiger partial charge is 0.422 e. The Labute approximate surface area is 108 Å². The number of amides is 1. The van der Waals surface area contributed by atoms with Gasteiger partial charge in [0.1, 0.15) is 0 Å². The van der Waals surface area contributed by atoms with Crippen LogP contribution in [-0.4, -0.2) is 43.9 Å². The zero-order chi connectivity index (χ0) is 15.1. The molecule has 1 amide bonds. The Hall–Kier alpha value is -1.83. The summed E-state index contributed by atoms with van der Waals surface area (Å²) in [6.45, 7) is -0.187. The summed E-state index contributed by atoms with van der Waals surface area (Å²) in [6.07, 6.45) is -1.40. The van der Waals surface area contributed by atoms with Crippen LogP contribution in [0.25, 0.3) is 0 Å². The number of halogens is 3. The quantitative estimate of drug-likeness (QED) is 0.332. The number of carbonyl (C=O) groups excluding carboxylic acids is 2. The molecular weight excluding hydrogens is 267 g/mol. The van der Waals surface area contributed by atoms with Crippen molar-refractivity contribution in [3.63, 3.8) is 0 Å². The number of rotatable bonds is 5. The number of carbonyl (C=O) groups is 2. The number of likely N-dealkylation sites (N-methyl/N-ethyl adjacent to an activating group) is 1. The third-order valence-corrected chi connectivity index (χ3v) is 1.85. The van der Waals surface area contributed by atoms with Crippen molar-refractivity contribution in [3.8, 4) is 0 Å². The molecule has 0 radical (unpaired) electrons. The van der Waals surface area contributed by atoms with Gasteiger partial charge in [-0.1, -0.05) is 12.2 Å². The number of hydrogen-bond acceptors (Lipinski definition) is 4. The maximum Gasteiger partial charge on any atom is 0.422 e. The fourth-order valence-electron chi connectivity index (χ4n) is 0.875. The molecule has 0 aliphatic rings. The van der Waals surface area contributed by atoms with Crippen LogP contribution in [0.2, 0.25) is 0 Å². The number of esters is 1. The molecule has 0 saturated heterocycles. The molecule has 19 heavy (non-hydrogen) atoms. The van der Waals surface area contributed by atoms with Gasteiger partial charge in [-0.25, -0.2) is 9.86 Å². The lowest BCUT2D eigenvalue weighted by molar-refractivity contribution is -0.182. The predicted octanol–water partition coefficient (Wildman–Crippen LogP) is 1.61. The van der Waals surface area contributed by atoms with Crippen LogP contribution in [0, 0.1) is 0 Å². The maximum absolute atomic E-state index is 11.7. The highest BCUT2D eigenvalue weighted by atomic mass is 19.4. The van der Waals surface area contributed by atoms with Gasteiger partial charge < -0.3 is 4.74 Å². The number of hydroxylamine groups is 2. The van der Waals surface area contributed by atoms with Gasteiger partial charge in [-0.05, 0) is 6.92 Å². The van der Waals surface area contributed by atoms with E-state index in [1.807, 2.05) is 0 Å². The monoisotopic (exact) mass is 281 g/mol. The highest BCUT2D eigenvalue weighted by Gasteiger charge is 2.29. The third kappa shape index (κ3) is 7.98. The van der Waals surface area contributed by atoms with Crippen molar-refractivity contribution in [2.24, 2.45) is 0 Å². The van der Waals surface area contributed by atoms with E-state index in [2.05, 4.69) is 9.57 Å². The predicted molar refractivity (Wildman–Crippen MR) is 59.7 cm³/mol. The van der Waals surface area contributed by atoms with Gasteiger partial charge in [-0.15, -0.1) is 0 Å². The molecule has 0 aromatic rings. The summed E-state index contributed by atoms with van der Waals surface area (Å²) in [5.41, 5.74) is 0.240. The van der Waals surface area contributed by atoms with Gasteiger partial charge in [-0.3, -0.25) is 9.63 Å². The number of hydrogen-bond donors (Lipinski definition) is 0. The van der Waals surface area contributed by atoms with Gasteiger partial charge in [0, 0.05) is 18.7 Å². The molecule has 0 aliphatic carbocycles. The Kier molecular flexibility index (Phi) is 6.84. The lowest BCUT2D eigenvalue weighted by atomic mass is 10.2. The fraction of sp³-hybridized carbons (Fsp3) is 0.455. The van der Waals surface area contributed by atoms with E-state index in [-0.39, 0.29) is 5.57 Å². The van der Waals surface area contributed by atoms with Gasteiger partial charge in [0.15, 0.2) is 6.61 Å². The number of allylic oxidation sites excluding steroid dienone is 2. The van der Waals surface area contributed by atoms with E-state index in [0.717, 1.165) is 17.2 Å². The molecule has 108 valence electrons. The van der Waals surface area contributed by atoms with Crippen LogP contribution in [0.3, 0.4) is 0 Å². The van der Waals surface area contributed by atoms with Gasteiger partial charge in [0.05, 0.1) is 7.11 Å². The molecule has 0 bridgehead atoms. The Morgan fingerprint density at radius 2 is 1.89 bits per heavy atom. The van der Waals surface area contributed by atoms with E-state index in [1.165, 1.54) is 27.2 Å². The second kappa shape index (κ2) is 7.57. The van der Waals surface area contributed by atoms with Crippen molar-refractivity contribution >= 4 is 11.9 Å². The minimum atomic E-state index is -4.56. The standard InChI is InChI=1S/C11H14F3NO4/c1-8(10(17)15(2)18-3)5-4-6-9(16)19-7-11(12,13)14/h4-6H,7H2,1-3H3/b6-4+,8-5-. The van der Waals surface area contributed by atoms with Crippen LogP contribution < -0.4 is 0 Å². The lowest BCUT2D eigenvalue weighted by Crippen LogP contribution is -2.25. The summed E-state index contributed by atoms with van der Waals surface area (Å²) in [5, 5.41) is 0.960. The molecule has 0 N–H and O–H groups in total. The van der Waals surface area contributed by atoms with E-state index >= 15 is 0 Å². The number of alkyl halides is 3. The molecule has 0 spiro atoms. The average Bonchev–Trinajstić information content (AvgIpc) is 2.33. The first-order valence-corrected chi connectivity index (χ1v) is 5.08. The summed E-state index contributed by atoms with van der Waals surface area (Å²) in [7, 11) is 2.69. The molecular formula is C11H14F3NO4. The first-order chi connectivity index (χ1) is 8.67. The van der Waals surface area contributed by atoms with Crippen LogP contribution in [0.5, 0.6) is 0 Å². The van der Waals surface area contributed by atoms with Crippen LogP contribution in [0.15, 0.2) is 23.8 Å². The maximum atomic E-state index is 11.7. The molecule has 0 heterocycles. The van der Waals surface area contributed by atoms with Gasteiger partial charge >= 0.3 is 12.1 Å². The number of nitrogens with zero attached hydrogens (tertiary/aromatic N) is 1. The summed E-state index contributed by atoms with van der Waals surface area (Å²) >= 11 is 0. The van der Waals surface area contributed by atoms with Crippen molar-refractivity contribution in [2.75, 3.05) is 20.8 Å². The molecule has 0 rings (SSSR count). The number of ether oxygens (including phenoxy) is 1. The largest absolute Gasteiger partial charge is 0.453 e. The summed E-state index contributed by atoms with van der Waals surface area (Å²) < 4.78 is 39.1. The van der Waals surface area contributed by atoms with E-state index in [9.17, 15) is 22.8 Å².